The predicted octanol–water partition coefficient (Wildman–Crippen LogP) is -0.837. The largest absolute Gasteiger partial charge is 0.465 e. The molecule has 0 heterocycles. The van der Waals surface area contributed by atoms with E-state index in [9.17, 15) is 4.79 Å². The van der Waals surface area contributed by atoms with Crippen LogP contribution in [0.5, 0.6) is 0 Å². The lowest BCUT2D eigenvalue weighted by molar-refractivity contribution is 0.114. The van der Waals surface area contributed by atoms with Crippen molar-refractivity contribution in [3.63, 3.8) is 0 Å². The average Bonchev–Trinajstić information content (AvgIpc) is 2.00. The Kier molecular flexibility index (Phi) is 3.56. The molecule has 0 aromatic rings. The van der Waals surface area contributed by atoms with Crippen LogP contribution >= 0.6 is 0 Å². The molecule has 1 amide bonds. The molecule has 0 saturated carbocycles. The Bertz CT molecular complexity index is 153. The quantitative estimate of drug-likeness (QED) is 0.405. The van der Waals surface area contributed by atoms with E-state index in [4.69, 9.17) is 15.3 Å². The van der Waals surface area contributed by atoms with Gasteiger partial charge in [0.25, 0.3) is 0 Å². The summed E-state index contributed by atoms with van der Waals surface area (Å²) < 4.78 is 0. The highest BCUT2D eigenvalue weighted by Crippen LogP contribution is 2.02. The lowest BCUT2D eigenvalue weighted by Gasteiger charge is -2.24. The second-order valence-electron chi connectivity index (χ2n) is 2.11. The van der Waals surface area contributed by atoms with Crippen molar-refractivity contribution in [1.82, 2.24) is 5.32 Å². The third kappa shape index (κ3) is 2.57. The molecule has 0 unspecified atom stereocenters. The summed E-state index contributed by atoms with van der Waals surface area (Å²) in [4.78, 5) is 10.1. The van der Waals surface area contributed by atoms with Gasteiger partial charge < -0.3 is 20.6 Å². The Balaban J connectivity index is 4.28. The highest BCUT2D eigenvalue weighted by atomic mass is 16.4. The summed E-state index contributed by atoms with van der Waals surface area (Å²) in [5, 5.41) is 27.5. The fraction of sp³-hybridized carbons (Fsp3) is 0.500. The molecule has 0 radical (unpaired) electrons. The van der Waals surface area contributed by atoms with Gasteiger partial charge in [-0.1, -0.05) is 6.08 Å². The van der Waals surface area contributed by atoms with Gasteiger partial charge in [0, 0.05) is 0 Å². The maximum absolute atomic E-state index is 10.1. The Morgan fingerprint density at radius 3 is 2.09 bits per heavy atom. The van der Waals surface area contributed by atoms with E-state index in [1.54, 1.807) is 0 Å². The zero-order chi connectivity index (χ0) is 8.91. The third-order valence-corrected chi connectivity index (χ3v) is 1.31. The van der Waals surface area contributed by atoms with Crippen LogP contribution in [0.2, 0.25) is 0 Å². The van der Waals surface area contributed by atoms with Crippen molar-refractivity contribution in [3.05, 3.63) is 12.7 Å². The van der Waals surface area contributed by atoms with E-state index in [2.05, 4.69) is 6.58 Å². The van der Waals surface area contributed by atoms with Crippen molar-refractivity contribution in [2.45, 2.75) is 5.54 Å². The molecular weight excluding hydrogens is 150 g/mol. The van der Waals surface area contributed by atoms with Gasteiger partial charge in [-0.3, -0.25) is 0 Å². The molecule has 0 aliphatic rings. The zero-order valence-electron chi connectivity index (χ0n) is 5.95. The number of hydrogen-bond acceptors (Lipinski definition) is 3. The monoisotopic (exact) mass is 161 g/mol. The van der Waals surface area contributed by atoms with Gasteiger partial charge in [-0.05, 0) is 0 Å². The first kappa shape index (κ1) is 9.93. The highest BCUT2D eigenvalue weighted by molar-refractivity contribution is 5.66. The summed E-state index contributed by atoms with van der Waals surface area (Å²) in [5.74, 6) is 0. The minimum absolute atomic E-state index is 0.515. The lowest BCUT2D eigenvalue weighted by atomic mass is 10.0. The maximum atomic E-state index is 10.1. The fourth-order valence-electron chi connectivity index (χ4n) is 0.522. The Hall–Kier alpha value is -1.07. The van der Waals surface area contributed by atoms with Crippen molar-refractivity contribution in [1.29, 1.82) is 0 Å². The molecular formula is C6H11NO4. The highest BCUT2D eigenvalue weighted by Gasteiger charge is 2.26. The average molecular weight is 161 g/mol. The van der Waals surface area contributed by atoms with Crippen molar-refractivity contribution >= 4 is 6.09 Å². The maximum Gasteiger partial charge on any atom is 0.405 e. The first-order valence-corrected chi connectivity index (χ1v) is 2.96. The standard InChI is InChI=1S/C6H11NO4/c1-2-6(3-8,4-9)7-5(10)11/h2,7-9H,1,3-4H2,(H,10,11). The van der Waals surface area contributed by atoms with E-state index in [0.717, 1.165) is 6.08 Å². The number of rotatable bonds is 4. The third-order valence-electron chi connectivity index (χ3n) is 1.31. The summed E-state index contributed by atoms with van der Waals surface area (Å²) in [5.41, 5.74) is -1.33. The molecule has 0 aromatic carbocycles. The van der Waals surface area contributed by atoms with Crippen LogP contribution in [0.1, 0.15) is 0 Å². The zero-order valence-corrected chi connectivity index (χ0v) is 5.95. The Morgan fingerprint density at radius 2 is 2.00 bits per heavy atom. The first-order valence-electron chi connectivity index (χ1n) is 2.96. The van der Waals surface area contributed by atoms with Crippen LogP contribution in [-0.4, -0.2) is 40.2 Å². The van der Waals surface area contributed by atoms with Gasteiger partial charge in [-0.2, -0.15) is 0 Å². The summed E-state index contributed by atoms with van der Waals surface area (Å²) in [6.45, 7) is 2.25. The van der Waals surface area contributed by atoms with E-state index in [1.165, 1.54) is 0 Å². The fourth-order valence-corrected chi connectivity index (χ4v) is 0.522. The Labute approximate surface area is 64.0 Å². The van der Waals surface area contributed by atoms with Crippen molar-refractivity contribution < 1.29 is 20.1 Å². The van der Waals surface area contributed by atoms with Crippen LogP contribution in [0.4, 0.5) is 4.79 Å². The van der Waals surface area contributed by atoms with Gasteiger partial charge in [0.15, 0.2) is 0 Å². The lowest BCUT2D eigenvalue weighted by Crippen LogP contribution is -2.52. The van der Waals surface area contributed by atoms with Crippen LogP contribution in [0, 0.1) is 0 Å². The van der Waals surface area contributed by atoms with Crippen LogP contribution in [-0.2, 0) is 0 Å². The molecule has 4 N–H and O–H groups in total. The van der Waals surface area contributed by atoms with E-state index >= 15 is 0 Å². The Morgan fingerprint density at radius 1 is 1.55 bits per heavy atom. The van der Waals surface area contributed by atoms with Gasteiger partial charge in [-0.15, -0.1) is 6.58 Å². The van der Waals surface area contributed by atoms with Crippen LogP contribution in [0.25, 0.3) is 0 Å². The first-order chi connectivity index (χ1) is 5.10. The molecule has 0 aromatic heterocycles. The van der Waals surface area contributed by atoms with Gasteiger partial charge in [0.2, 0.25) is 0 Å². The van der Waals surface area contributed by atoms with Gasteiger partial charge >= 0.3 is 6.09 Å². The number of amides is 1. The SMILES string of the molecule is C=CC(CO)(CO)NC(=O)O. The summed E-state index contributed by atoms with van der Waals surface area (Å²) >= 11 is 0. The number of carboxylic acid groups (broad SMARTS) is 1. The molecule has 0 fully saturated rings. The number of hydrogen-bond donors (Lipinski definition) is 4. The van der Waals surface area contributed by atoms with E-state index in [-0.39, 0.29) is 0 Å². The normalized spacial score (nSPS) is 10.7. The summed E-state index contributed by atoms with van der Waals surface area (Å²) in [6, 6.07) is 0. The number of aliphatic hydroxyl groups is 2. The van der Waals surface area contributed by atoms with Crippen LogP contribution in [0.15, 0.2) is 12.7 Å². The molecule has 0 rings (SSSR count). The van der Waals surface area contributed by atoms with E-state index in [0.29, 0.717) is 0 Å². The number of carbonyl (C=O) groups is 1. The molecule has 0 saturated heterocycles. The molecule has 0 bridgehead atoms. The molecule has 0 spiro atoms. The topological polar surface area (TPSA) is 89.8 Å². The molecule has 64 valence electrons. The predicted molar refractivity (Wildman–Crippen MR) is 38.3 cm³/mol. The minimum Gasteiger partial charge on any atom is -0.465 e. The molecule has 11 heavy (non-hydrogen) atoms. The van der Waals surface area contributed by atoms with Crippen molar-refractivity contribution in [3.8, 4) is 0 Å². The second-order valence-corrected chi connectivity index (χ2v) is 2.11. The molecule has 0 aliphatic carbocycles. The number of aliphatic hydroxyl groups excluding tert-OH is 2. The molecule has 5 heteroatoms. The van der Waals surface area contributed by atoms with Gasteiger partial charge in [0.05, 0.1) is 13.2 Å². The van der Waals surface area contributed by atoms with E-state index in [1.807, 2.05) is 5.32 Å². The summed E-state index contributed by atoms with van der Waals surface area (Å²) in [7, 11) is 0. The number of nitrogens with one attached hydrogen (secondary N) is 1. The molecule has 0 aliphatic heterocycles. The van der Waals surface area contributed by atoms with Crippen molar-refractivity contribution in [2.75, 3.05) is 13.2 Å². The molecule has 0 atom stereocenters. The van der Waals surface area contributed by atoms with Gasteiger partial charge in [-0.25, -0.2) is 4.79 Å². The van der Waals surface area contributed by atoms with E-state index < -0.39 is 24.8 Å². The summed E-state index contributed by atoms with van der Waals surface area (Å²) in [6.07, 6.45) is -0.158. The van der Waals surface area contributed by atoms with Crippen molar-refractivity contribution in [2.24, 2.45) is 0 Å². The second kappa shape index (κ2) is 3.95. The van der Waals surface area contributed by atoms with Crippen LogP contribution < -0.4 is 5.32 Å². The smallest absolute Gasteiger partial charge is 0.405 e. The van der Waals surface area contributed by atoms with Crippen LogP contribution in [0.3, 0.4) is 0 Å². The minimum atomic E-state index is -1.33. The van der Waals surface area contributed by atoms with Gasteiger partial charge in [0.1, 0.15) is 5.54 Å². The molecule has 5 nitrogen and oxygen atoms in total.